The van der Waals surface area contributed by atoms with Crippen LogP contribution in [0.1, 0.15) is 43.5 Å². The quantitative estimate of drug-likeness (QED) is 0.311. The number of nitrogens with one attached hydrogen (secondary N) is 1. The second-order valence-electron chi connectivity index (χ2n) is 9.25. The molecule has 2 N–H and O–H groups in total. The minimum absolute atomic E-state index is 0.169. The van der Waals surface area contributed by atoms with E-state index in [1.807, 2.05) is 36.4 Å². The van der Waals surface area contributed by atoms with Crippen LogP contribution in [0.2, 0.25) is 0 Å². The summed E-state index contributed by atoms with van der Waals surface area (Å²) in [7, 11) is 1.68. The molecule has 0 unspecified atom stereocenters. The molecule has 4 aromatic carbocycles. The Balaban J connectivity index is 1.64. The van der Waals surface area contributed by atoms with E-state index >= 15 is 0 Å². The highest BCUT2D eigenvalue weighted by Crippen LogP contribution is 2.33. The molecular formula is C30H31NO3. The van der Waals surface area contributed by atoms with Gasteiger partial charge in [0.15, 0.2) is 0 Å². The van der Waals surface area contributed by atoms with E-state index in [9.17, 15) is 9.90 Å². The highest BCUT2D eigenvalue weighted by molar-refractivity contribution is 5.97. The predicted molar refractivity (Wildman–Crippen MR) is 138 cm³/mol. The average molecular weight is 454 g/mol. The summed E-state index contributed by atoms with van der Waals surface area (Å²) in [6.07, 6.45) is 0. The van der Waals surface area contributed by atoms with Crippen LogP contribution >= 0.6 is 0 Å². The van der Waals surface area contributed by atoms with E-state index in [2.05, 4.69) is 60.8 Å². The van der Waals surface area contributed by atoms with Gasteiger partial charge in [-0.3, -0.25) is 4.79 Å². The lowest BCUT2D eigenvalue weighted by Crippen LogP contribution is -2.28. The molecule has 0 aliphatic heterocycles. The maximum absolute atomic E-state index is 11.6. The van der Waals surface area contributed by atoms with Crippen LogP contribution in [0.3, 0.4) is 0 Å². The molecule has 0 aliphatic rings. The van der Waals surface area contributed by atoms with Gasteiger partial charge in [0.1, 0.15) is 5.75 Å². The van der Waals surface area contributed by atoms with E-state index in [1.54, 1.807) is 21.0 Å². The molecule has 0 aliphatic carbocycles. The third-order valence-corrected chi connectivity index (χ3v) is 6.58. The molecule has 4 heteroatoms. The second-order valence-corrected chi connectivity index (χ2v) is 9.25. The van der Waals surface area contributed by atoms with Crippen LogP contribution < -0.4 is 10.1 Å². The number of carbonyl (C=O) groups is 1. The van der Waals surface area contributed by atoms with Crippen molar-refractivity contribution in [1.29, 1.82) is 0 Å². The van der Waals surface area contributed by atoms with Gasteiger partial charge in [0, 0.05) is 12.6 Å². The number of fused-ring (bicyclic) bond motifs is 1. The van der Waals surface area contributed by atoms with Crippen molar-refractivity contribution >= 4 is 16.7 Å². The molecule has 4 rings (SSSR count). The van der Waals surface area contributed by atoms with Gasteiger partial charge in [0.2, 0.25) is 0 Å². The summed E-state index contributed by atoms with van der Waals surface area (Å²) in [5, 5.41) is 15.6. The summed E-state index contributed by atoms with van der Waals surface area (Å²) < 4.78 is 5.36. The first-order chi connectivity index (χ1) is 16.3. The van der Waals surface area contributed by atoms with Crippen molar-refractivity contribution in [2.45, 2.75) is 38.8 Å². The Morgan fingerprint density at radius 3 is 2.41 bits per heavy atom. The average Bonchev–Trinajstić information content (AvgIpc) is 2.86. The molecule has 4 aromatic rings. The molecular weight excluding hydrogens is 422 g/mol. The van der Waals surface area contributed by atoms with Crippen LogP contribution in [0.25, 0.3) is 21.9 Å². The number of methoxy groups -OCH3 is 1. The summed E-state index contributed by atoms with van der Waals surface area (Å²) in [4.78, 5) is 11.6. The van der Waals surface area contributed by atoms with Crippen LogP contribution in [-0.2, 0) is 16.8 Å². The van der Waals surface area contributed by atoms with Crippen molar-refractivity contribution in [3.63, 3.8) is 0 Å². The van der Waals surface area contributed by atoms with E-state index in [-0.39, 0.29) is 6.04 Å². The zero-order valence-corrected chi connectivity index (χ0v) is 20.1. The third-order valence-electron chi connectivity index (χ3n) is 6.58. The zero-order chi connectivity index (χ0) is 24.3. The van der Waals surface area contributed by atoms with E-state index in [1.165, 1.54) is 21.9 Å². The lowest BCUT2D eigenvalue weighted by atomic mass is 9.84. The highest BCUT2D eigenvalue weighted by atomic mass is 16.5. The predicted octanol–water partition coefficient (Wildman–Crippen LogP) is 6.73. The third kappa shape index (κ3) is 4.82. The van der Waals surface area contributed by atoms with E-state index < -0.39 is 11.4 Å². The molecule has 0 spiro atoms. The van der Waals surface area contributed by atoms with Gasteiger partial charge in [-0.25, -0.2) is 0 Å². The lowest BCUT2D eigenvalue weighted by Gasteiger charge is -2.20. The van der Waals surface area contributed by atoms with Crippen molar-refractivity contribution in [2.75, 3.05) is 7.11 Å². The molecule has 34 heavy (non-hydrogen) atoms. The van der Waals surface area contributed by atoms with E-state index in [0.29, 0.717) is 0 Å². The van der Waals surface area contributed by atoms with Crippen LogP contribution in [-0.4, -0.2) is 18.2 Å². The molecule has 0 saturated carbocycles. The molecule has 0 amide bonds. The van der Waals surface area contributed by atoms with Gasteiger partial charge >= 0.3 is 5.97 Å². The number of hydrogen-bond acceptors (Lipinski definition) is 3. The lowest BCUT2D eigenvalue weighted by molar-refractivity contribution is -0.142. The molecule has 0 heterocycles. The number of carboxylic acids is 1. The molecule has 174 valence electrons. The first-order valence-corrected chi connectivity index (χ1v) is 11.5. The van der Waals surface area contributed by atoms with Crippen LogP contribution in [0, 0.1) is 0 Å². The number of hydrogen-bond donors (Lipinski definition) is 2. The summed E-state index contributed by atoms with van der Waals surface area (Å²) in [5.74, 6) is 0.0255. The van der Waals surface area contributed by atoms with Gasteiger partial charge in [0.05, 0.1) is 12.5 Å². The van der Waals surface area contributed by atoms with Gasteiger partial charge in [-0.2, -0.15) is 0 Å². The summed E-state index contributed by atoms with van der Waals surface area (Å²) in [6, 6.07) is 29.0. The fourth-order valence-electron chi connectivity index (χ4n) is 4.20. The van der Waals surface area contributed by atoms with Gasteiger partial charge in [0.25, 0.3) is 0 Å². The van der Waals surface area contributed by atoms with Crippen LogP contribution in [0.15, 0.2) is 84.9 Å². The first kappa shape index (κ1) is 23.5. The molecule has 4 nitrogen and oxygen atoms in total. The van der Waals surface area contributed by atoms with Crippen molar-refractivity contribution < 1.29 is 14.6 Å². The van der Waals surface area contributed by atoms with Gasteiger partial charge in [-0.1, -0.05) is 60.7 Å². The summed E-state index contributed by atoms with van der Waals surface area (Å²) >= 11 is 0. The summed E-state index contributed by atoms with van der Waals surface area (Å²) in [5.41, 5.74) is 4.45. The van der Waals surface area contributed by atoms with Gasteiger partial charge < -0.3 is 15.2 Å². The Bertz CT molecular complexity index is 1310. The van der Waals surface area contributed by atoms with Crippen molar-refractivity contribution in [1.82, 2.24) is 5.32 Å². The molecule has 0 saturated heterocycles. The number of benzene rings is 4. The Labute approximate surface area is 201 Å². The van der Waals surface area contributed by atoms with Gasteiger partial charge in [-0.15, -0.1) is 0 Å². The largest absolute Gasteiger partial charge is 0.497 e. The summed E-state index contributed by atoms with van der Waals surface area (Å²) in [6.45, 7) is 6.34. The Hall–Kier alpha value is -3.63. The molecule has 0 radical (unpaired) electrons. The van der Waals surface area contributed by atoms with Gasteiger partial charge in [-0.05, 0) is 83.6 Å². The fourth-order valence-corrected chi connectivity index (χ4v) is 4.20. The van der Waals surface area contributed by atoms with E-state index in [0.717, 1.165) is 29.0 Å². The number of aliphatic carboxylic acids is 1. The second kappa shape index (κ2) is 9.70. The molecule has 0 aromatic heterocycles. The van der Waals surface area contributed by atoms with Crippen LogP contribution in [0.5, 0.6) is 5.75 Å². The minimum Gasteiger partial charge on any atom is -0.497 e. The Kier molecular flexibility index (Phi) is 6.71. The fraction of sp³-hybridized carbons (Fsp3) is 0.233. The Morgan fingerprint density at radius 2 is 1.71 bits per heavy atom. The van der Waals surface area contributed by atoms with Crippen molar-refractivity contribution in [3.8, 4) is 16.9 Å². The Morgan fingerprint density at radius 1 is 0.971 bits per heavy atom. The maximum Gasteiger partial charge on any atom is 0.313 e. The van der Waals surface area contributed by atoms with Crippen molar-refractivity contribution in [2.24, 2.45) is 0 Å². The first-order valence-electron chi connectivity index (χ1n) is 11.5. The normalized spacial score (nSPS) is 12.5. The standard InChI is InChI=1S/C30H31NO3/c1-20(23-9-7-10-26(18-23)34-4)31-19-21-16-24-8-5-6-11-27(24)28(17-21)22-12-14-25(15-13-22)30(2,3)29(32)33/h5-18,20,31H,19H2,1-4H3,(H,32,33)/t20-/m1/s1. The highest BCUT2D eigenvalue weighted by Gasteiger charge is 2.29. The number of rotatable bonds is 8. The smallest absolute Gasteiger partial charge is 0.313 e. The molecule has 0 fully saturated rings. The molecule has 1 atom stereocenters. The van der Waals surface area contributed by atoms with Crippen molar-refractivity contribution in [3.05, 3.63) is 102 Å². The number of ether oxygens (including phenoxy) is 1. The maximum atomic E-state index is 11.6. The number of carboxylic acid groups (broad SMARTS) is 1. The van der Waals surface area contributed by atoms with Crippen LogP contribution in [0.4, 0.5) is 0 Å². The zero-order valence-electron chi connectivity index (χ0n) is 20.1. The minimum atomic E-state index is -0.928. The van der Waals surface area contributed by atoms with E-state index in [4.69, 9.17) is 4.74 Å². The monoisotopic (exact) mass is 453 g/mol. The molecule has 0 bridgehead atoms. The SMILES string of the molecule is COc1cccc([C@@H](C)NCc2cc(-c3ccc(C(C)(C)C(=O)O)cc3)c3ccccc3c2)c1. The topological polar surface area (TPSA) is 58.6 Å².